The van der Waals surface area contributed by atoms with E-state index < -0.39 is 12.1 Å². The van der Waals surface area contributed by atoms with Crippen LogP contribution in [0.4, 0.5) is 11.4 Å². The Labute approximate surface area is 217 Å². The molecule has 8 heteroatoms. The molecular weight excluding hydrogens is 472 g/mol. The highest BCUT2D eigenvalue weighted by Gasteiger charge is 2.23. The Morgan fingerprint density at radius 1 is 0.973 bits per heavy atom. The molecule has 0 unspecified atom stereocenters. The van der Waals surface area contributed by atoms with Crippen LogP contribution in [-0.2, 0) is 20.7 Å². The first-order valence-electron chi connectivity index (χ1n) is 12.6. The monoisotopic (exact) mass is 506 g/mol. The molecule has 0 saturated carbocycles. The summed E-state index contributed by atoms with van der Waals surface area (Å²) in [5, 5.41) is 12.4. The molecule has 1 atom stereocenters. The van der Waals surface area contributed by atoms with Crippen LogP contribution in [0.15, 0.2) is 72.8 Å². The van der Waals surface area contributed by atoms with E-state index in [2.05, 4.69) is 10.2 Å². The molecule has 0 bridgehead atoms. The van der Waals surface area contributed by atoms with Crippen LogP contribution in [-0.4, -0.2) is 63.2 Å². The smallest absolute Gasteiger partial charge is 0.333 e. The number of nitrogens with zero attached hydrogens (tertiary/aromatic N) is 1. The van der Waals surface area contributed by atoms with Crippen LogP contribution < -0.4 is 19.7 Å². The van der Waals surface area contributed by atoms with Gasteiger partial charge < -0.3 is 34.3 Å². The van der Waals surface area contributed by atoms with Gasteiger partial charge in [0.05, 0.1) is 31.1 Å². The van der Waals surface area contributed by atoms with Crippen LogP contribution in [0.1, 0.15) is 12.5 Å². The van der Waals surface area contributed by atoms with Crippen LogP contribution in [0.3, 0.4) is 0 Å². The van der Waals surface area contributed by atoms with Gasteiger partial charge in [-0.3, -0.25) is 0 Å². The summed E-state index contributed by atoms with van der Waals surface area (Å²) in [5.41, 5.74) is 2.91. The van der Waals surface area contributed by atoms with Crippen LogP contribution in [0.2, 0.25) is 0 Å². The van der Waals surface area contributed by atoms with Crippen molar-refractivity contribution in [1.29, 1.82) is 0 Å². The number of para-hydroxylation sites is 4. The van der Waals surface area contributed by atoms with Crippen molar-refractivity contribution in [2.24, 2.45) is 0 Å². The second-order valence-electron chi connectivity index (χ2n) is 8.53. The summed E-state index contributed by atoms with van der Waals surface area (Å²) in [7, 11) is 0. The van der Waals surface area contributed by atoms with E-state index in [1.807, 2.05) is 72.8 Å². The van der Waals surface area contributed by atoms with Gasteiger partial charge in [0, 0.05) is 26.1 Å². The van der Waals surface area contributed by atoms with Gasteiger partial charge in [-0.2, -0.15) is 0 Å². The zero-order chi connectivity index (χ0) is 25.9. The molecule has 1 fully saturated rings. The standard InChI is InChI=1S/C25H25NO5.C4H9NO/c1-2-29-24(25(27)28)17-18-11-13-19(14-12-18)30-16-15-26-20-7-3-5-9-22(20)31-23-10-6-4-8-21(23)26;1-3-6-4-2-5-1/h3-14,24H,2,15-17H2,1H3,(H,27,28);5H,1-4H2/t24-;/m0./s1. The number of hydrogen-bond donors (Lipinski definition) is 2. The Kier molecular flexibility index (Phi) is 9.76. The second kappa shape index (κ2) is 13.6. The molecule has 0 amide bonds. The molecule has 0 radical (unpaired) electrons. The van der Waals surface area contributed by atoms with Crippen molar-refractivity contribution < 1.29 is 28.8 Å². The Bertz CT molecular complexity index is 1080. The van der Waals surface area contributed by atoms with Crippen molar-refractivity contribution >= 4 is 17.3 Å². The van der Waals surface area contributed by atoms with Crippen LogP contribution in [0, 0.1) is 0 Å². The molecule has 2 aliphatic rings. The van der Waals surface area contributed by atoms with Gasteiger partial charge in [-0.05, 0) is 48.9 Å². The van der Waals surface area contributed by atoms with E-state index in [0.717, 1.165) is 60.5 Å². The third kappa shape index (κ3) is 7.45. The maximum absolute atomic E-state index is 11.3. The number of morpholine rings is 1. The zero-order valence-electron chi connectivity index (χ0n) is 21.1. The summed E-state index contributed by atoms with van der Waals surface area (Å²) in [6.45, 7) is 7.13. The number of nitrogens with one attached hydrogen (secondary N) is 1. The Hall–Kier alpha value is -3.59. The molecule has 196 valence electrons. The number of carboxylic acids is 1. The number of fused-ring (bicyclic) bond motifs is 2. The third-order valence-electron chi connectivity index (χ3n) is 5.95. The molecule has 0 aromatic heterocycles. The normalized spacial score (nSPS) is 14.8. The van der Waals surface area contributed by atoms with Crippen molar-refractivity contribution in [3.05, 3.63) is 78.4 Å². The summed E-state index contributed by atoms with van der Waals surface area (Å²) < 4.78 is 22.3. The van der Waals surface area contributed by atoms with Crippen molar-refractivity contribution in [2.75, 3.05) is 51.0 Å². The predicted octanol–water partition coefficient (Wildman–Crippen LogP) is 4.65. The van der Waals surface area contributed by atoms with Gasteiger partial charge in [0.2, 0.25) is 0 Å². The van der Waals surface area contributed by atoms with Crippen molar-refractivity contribution in [2.45, 2.75) is 19.4 Å². The van der Waals surface area contributed by atoms with E-state index in [4.69, 9.17) is 18.9 Å². The number of rotatable bonds is 9. The van der Waals surface area contributed by atoms with Gasteiger partial charge in [-0.25, -0.2) is 4.79 Å². The second-order valence-corrected chi connectivity index (χ2v) is 8.53. The molecule has 0 spiro atoms. The SMILES string of the molecule is C1COCCN1.CCO[C@@H](Cc1ccc(OCCN2c3ccccc3Oc3ccccc32)cc1)C(=O)O. The lowest BCUT2D eigenvalue weighted by Crippen LogP contribution is -2.30. The topological polar surface area (TPSA) is 89.5 Å². The van der Waals surface area contributed by atoms with Gasteiger partial charge in [-0.15, -0.1) is 0 Å². The Morgan fingerprint density at radius 2 is 1.59 bits per heavy atom. The van der Waals surface area contributed by atoms with E-state index >= 15 is 0 Å². The predicted molar refractivity (Wildman–Crippen MR) is 142 cm³/mol. The minimum absolute atomic E-state index is 0.324. The fourth-order valence-corrected chi connectivity index (χ4v) is 4.15. The first kappa shape index (κ1) is 26.5. The van der Waals surface area contributed by atoms with Gasteiger partial charge >= 0.3 is 5.97 Å². The molecule has 1 saturated heterocycles. The number of carbonyl (C=O) groups is 1. The fourth-order valence-electron chi connectivity index (χ4n) is 4.15. The van der Waals surface area contributed by atoms with E-state index in [9.17, 15) is 9.90 Å². The third-order valence-corrected chi connectivity index (χ3v) is 5.95. The summed E-state index contributed by atoms with van der Waals surface area (Å²) >= 11 is 0. The summed E-state index contributed by atoms with van der Waals surface area (Å²) in [6, 6.07) is 23.4. The average Bonchev–Trinajstić information content (AvgIpc) is 2.94. The number of aliphatic carboxylic acids is 1. The van der Waals surface area contributed by atoms with Gasteiger partial charge in [0.15, 0.2) is 17.6 Å². The minimum atomic E-state index is -0.951. The van der Waals surface area contributed by atoms with Gasteiger partial charge in [0.1, 0.15) is 12.4 Å². The molecule has 2 aliphatic heterocycles. The number of anilines is 2. The van der Waals surface area contributed by atoms with Gasteiger partial charge in [0.25, 0.3) is 0 Å². The molecule has 8 nitrogen and oxygen atoms in total. The van der Waals surface area contributed by atoms with E-state index in [1.165, 1.54) is 0 Å². The lowest BCUT2D eigenvalue weighted by molar-refractivity contribution is -0.149. The lowest BCUT2D eigenvalue weighted by atomic mass is 10.1. The highest BCUT2D eigenvalue weighted by Crippen LogP contribution is 2.45. The van der Waals surface area contributed by atoms with E-state index in [0.29, 0.717) is 26.2 Å². The summed E-state index contributed by atoms with van der Waals surface area (Å²) in [6.07, 6.45) is -0.511. The van der Waals surface area contributed by atoms with Crippen molar-refractivity contribution in [3.63, 3.8) is 0 Å². The van der Waals surface area contributed by atoms with Crippen LogP contribution >= 0.6 is 0 Å². The number of carboxylic acid groups (broad SMARTS) is 1. The fraction of sp³-hybridized carbons (Fsp3) is 0.345. The lowest BCUT2D eigenvalue weighted by Gasteiger charge is -2.32. The van der Waals surface area contributed by atoms with E-state index in [-0.39, 0.29) is 0 Å². The molecule has 3 aromatic carbocycles. The van der Waals surface area contributed by atoms with Crippen molar-refractivity contribution in [3.8, 4) is 17.2 Å². The van der Waals surface area contributed by atoms with Crippen LogP contribution in [0.5, 0.6) is 17.2 Å². The Balaban J connectivity index is 0.000000469. The quantitative estimate of drug-likeness (QED) is 0.434. The largest absolute Gasteiger partial charge is 0.492 e. The average molecular weight is 507 g/mol. The molecule has 0 aliphatic carbocycles. The maximum Gasteiger partial charge on any atom is 0.333 e. The minimum Gasteiger partial charge on any atom is -0.492 e. The highest BCUT2D eigenvalue weighted by molar-refractivity contribution is 5.77. The first-order valence-corrected chi connectivity index (χ1v) is 12.6. The summed E-state index contributed by atoms with van der Waals surface area (Å²) in [5.74, 6) is 1.44. The zero-order valence-corrected chi connectivity index (χ0v) is 21.1. The van der Waals surface area contributed by atoms with Crippen LogP contribution in [0.25, 0.3) is 0 Å². The Morgan fingerprint density at radius 3 is 2.11 bits per heavy atom. The highest BCUT2D eigenvalue weighted by atomic mass is 16.5. The molecule has 2 heterocycles. The molecule has 37 heavy (non-hydrogen) atoms. The maximum atomic E-state index is 11.3. The number of ether oxygens (including phenoxy) is 4. The molecule has 3 aromatic rings. The summed E-state index contributed by atoms with van der Waals surface area (Å²) in [4.78, 5) is 13.5. The first-order chi connectivity index (χ1) is 18.2. The molecule has 2 N–H and O–H groups in total. The molecule has 5 rings (SSSR count). The molecular formula is C29H34N2O6. The number of hydrogen-bond acceptors (Lipinski definition) is 7. The van der Waals surface area contributed by atoms with Crippen molar-refractivity contribution in [1.82, 2.24) is 5.32 Å². The van der Waals surface area contributed by atoms with Gasteiger partial charge in [-0.1, -0.05) is 36.4 Å². The number of benzene rings is 3. The van der Waals surface area contributed by atoms with E-state index in [1.54, 1.807) is 6.92 Å².